The van der Waals surface area contributed by atoms with Gasteiger partial charge in [0.2, 0.25) is 0 Å². The molecule has 2 rings (SSSR count). The van der Waals surface area contributed by atoms with Gasteiger partial charge in [0.25, 0.3) is 0 Å². The summed E-state index contributed by atoms with van der Waals surface area (Å²) < 4.78 is 0. The summed E-state index contributed by atoms with van der Waals surface area (Å²) in [6.45, 7) is 4.32. The topological polar surface area (TPSA) is 0 Å². The van der Waals surface area contributed by atoms with Crippen LogP contribution in [0.2, 0.25) is 0 Å². The van der Waals surface area contributed by atoms with Crippen molar-refractivity contribution in [2.45, 2.75) is 26.7 Å². The van der Waals surface area contributed by atoms with Gasteiger partial charge in [-0.25, -0.2) is 24.3 Å². The van der Waals surface area contributed by atoms with Gasteiger partial charge in [0.1, 0.15) is 0 Å². The zero-order valence-electron chi connectivity index (χ0n) is 10.3. The van der Waals surface area contributed by atoms with Crippen LogP contribution < -0.4 is 9.41 Å². The van der Waals surface area contributed by atoms with Crippen LogP contribution in [0.1, 0.15) is 25.0 Å². The van der Waals surface area contributed by atoms with Gasteiger partial charge in [-0.05, 0) is 0 Å². The summed E-state index contributed by atoms with van der Waals surface area (Å²) in [5, 5.41) is 0. The minimum absolute atomic E-state index is 0. The molecule has 0 aliphatic heterocycles. The maximum absolute atomic E-state index is 2.16. The van der Waals surface area contributed by atoms with Crippen LogP contribution in [0, 0.1) is 0 Å². The standard InChI is InChI=1S/2C7H9.2FH.Ti/c2*1-2-7-5-3-4-6-7;;;/h2*3-6H,2H2,1H3;2*1H;/q2*-1;;;+4/p-2. The van der Waals surface area contributed by atoms with Crippen molar-refractivity contribution in [1.29, 1.82) is 0 Å². The third-order valence-corrected chi connectivity index (χ3v) is 2.28. The van der Waals surface area contributed by atoms with E-state index in [1.54, 1.807) is 0 Å². The molecule has 0 N–H and O–H groups in total. The molecule has 0 saturated heterocycles. The van der Waals surface area contributed by atoms with Gasteiger partial charge in [-0.2, -0.15) is 35.4 Å². The second-order valence-electron chi connectivity index (χ2n) is 3.29. The molecule has 17 heavy (non-hydrogen) atoms. The molecular formula is C14H18F2Ti. The molecule has 3 heteroatoms. The summed E-state index contributed by atoms with van der Waals surface area (Å²) in [6, 6.07) is 16.8. The summed E-state index contributed by atoms with van der Waals surface area (Å²) in [5.41, 5.74) is 2.86. The molecular weight excluding hydrogens is 254 g/mol. The summed E-state index contributed by atoms with van der Waals surface area (Å²) in [7, 11) is 0. The molecule has 0 aromatic heterocycles. The Morgan fingerprint density at radius 2 is 0.882 bits per heavy atom. The Bertz CT molecular complexity index is 278. The van der Waals surface area contributed by atoms with E-state index in [4.69, 9.17) is 0 Å². The Labute approximate surface area is 117 Å². The number of hydrogen-bond donors (Lipinski definition) is 0. The third-order valence-electron chi connectivity index (χ3n) is 2.28. The second kappa shape index (κ2) is 13.3. The van der Waals surface area contributed by atoms with Crippen LogP contribution in [-0.2, 0) is 34.6 Å². The van der Waals surface area contributed by atoms with E-state index >= 15 is 0 Å². The molecule has 0 aliphatic carbocycles. The summed E-state index contributed by atoms with van der Waals surface area (Å²) in [6.07, 6.45) is 2.32. The van der Waals surface area contributed by atoms with Crippen molar-refractivity contribution in [3.63, 3.8) is 0 Å². The number of aryl methyl sites for hydroxylation is 2. The Morgan fingerprint density at radius 3 is 1.00 bits per heavy atom. The predicted molar refractivity (Wildman–Crippen MR) is 62.8 cm³/mol. The average Bonchev–Trinajstić information content (AvgIpc) is 2.92. The molecule has 2 aromatic rings. The third kappa shape index (κ3) is 9.02. The summed E-state index contributed by atoms with van der Waals surface area (Å²) in [4.78, 5) is 0. The van der Waals surface area contributed by atoms with Crippen LogP contribution in [0.25, 0.3) is 0 Å². The molecule has 0 spiro atoms. The second-order valence-corrected chi connectivity index (χ2v) is 3.29. The van der Waals surface area contributed by atoms with E-state index in [9.17, 15) is 0 Å². The summed E-state index contributed by atoms with van der Waals surface area (Å²) in [5.74, 6) is 0. The quantitative estimate of drug-likeness (QED) is 0.436. The van der Waals surface area contributed by atoms with E-state index in [2.05, 4.69) is 62.4 Å². The van der Waals surface area contributed by atoms with Crippen molar-refractivity contribution in [3.8, 4) is 0 Å². The van der Waals surface area contributed by atoms with Crippen LogP contribution in [0.5, 0.6) is 0 Å². The van der Waals surface area contributed by atoms with Crippen LogP contribution in [-0.4, -0.2) is 0 Å². The molecule has 2 aromatic carbocycles. The fourth-order valence-electron chi connectivity index (χ4n) is 1.30. The van der Waals surface area contributed by atoms with Crippen molar-refractivity contribution in [3.05, 3.63) is 59.7 Å². The first kappa shape index (κ1) is 21.5. The first-order chi connectivity index (χ1) is 6.86. The molecule has 0 heterocycles. The van der Waals surface area contributed by atoms with Gasteiger partial charge in [0, 0.05) is 0 Å². The van der Waals surface area contributed by atoms with Crippen LogP contribution >= 0.6 is 0 Å². The summed E-state index contributed by atoms with van der Waals surface area (Å²) >= 11 is 0. The maximum atomic E-state index is 2.16. The van der Waals surface area contributed by atoms with Gasteiger partial charge in [-0.1, -0.05) is 26.7 Å². The van der Waals surface area contributed by atoms with Crippen LogP contribution in [0.3, 0.4) is 0 Å². The number of rotatable bonds is 2. The van der Waals surface area contributed by atoms with Gasteiger partial charge in [-0.15, -0.1) is 0 Å². The molecule has 0 bridgehead atoms. The fraction of sp³-hybridized carbons (Fsp3) is 0.286. The first-order valence-electron chi connectivity index (χ1n) is 5.28. The molecule has 0 unspecified atom stereocenters. The van der Waals surface area contributed by atoms with Crippen molar-refractivity contribution in [1.82, 2.24) is 0 Å². The molecule has 0 atom stereocenters. The van der Waals surface area contributed by atoms with Crippen LogP contribution in [0.15, 0.2) is 48.5 Å². The number of hydrogen-bond acceptors (Lipinski definition) is 0. The Morgan fingerprint density at radius 1 is 0.647 bits per heavy atom. The first-order valence-corrected chi connectivity index (χ1v) is 5.28. The van der Waals surface area contributed by atoms with E-state index < -0.39 is 0 Å². The predicted octanol–water partition coefficient (Wildman–Crippen LogP) is -2.06. The molecule has 0 radical (unpaired) electrons. The van der Waals surface area contributed by atoms with Gasteiger partial charge < -0.3 is 9.41 Å². The van der Waals surface area contributed by atoms with Crippen LogP contribution in [0.4, 0.5) is 0 Å². The van der Waals surface area contributed by atoms with Crippen molar-refractivity contribution in [2.75, 3.05) is 0 Å². The van der Waals surface area contributed by atoms with E-state index in [0.717, 1.165) is 12.8 Å². The van der Waals surface area contributed by atoms with E-state index in [-0.39, 0.29) is 31.1 Å². The molecule has 92 valence electrons. The van der Waals surface area contributed by atoms with E-state index in [1.165, 1.54) is 11.1 Å². The molecule has 0 fully saturated rings. The molecule has 0 aliphatic rings. The molecule has 0 nitrogen and oxygen atoms in total. The molecule has 0 saturated carbocycles. The largest absolute Gasteiger partial charge is 4.00 e. The minimum atomic E-state index is 0. The zero-order chi connectivity index (χ0) is 10.2. The van der Waals surface area contributed by atoms with Gasteiger partial charge >= 0.3 is 21.7 Å². The van der Waals surface area contributed by atoms with Gasteiger partial charge in [0.15, 0.2) is 0 Å². The smallest absolute Gasteiger partial charge is 1.00 e. The fourth-order valence-corrected chi connectivity index (χ4v) is 1.30. The minimum Gasteiger partial charge on any atom is -1.00 e. The monoisotopic (exact) mass is 272 g/mol. The SMILES string of the molecule is CC[c-]1cccc1.CC[c-]1cccc1.[F-].[F-].[Ti+4]. The van der Waals surface area contributed by atoms with E-state index in [0.29, 0.717) is 0 Å². The maximum Gasteiger partial charge on any atom is 4.00 e. The van der Waals surface area contributed by atoms with E-state index in [1.807, 2.05) is 0 Å². The van der Waals surface area contributed by atoms with Gasteiger partial charge in [-0.3, -0.25) is 0 Å². The van der Waals surface area contributed by atoms with Crippen molar-refractivity contribution in [2.24, 2.45) is 0 Å². The Hall–Kier alpha value is -0.726. The normalized spacial score (nSPS) is 7.65. The van der Waals surface area contributed by atoms with Gasteiger partial charge in [0.05, 0.1) is 0 Å². The van der Waals surface area contributed by atoms with Crippen molar-refractivity contribution < 1.29 is 31.1 Å². The number of halogens is 2. The molecule has 0 amide bonds. The zero-order valence-corrected chi connectivity index (χ0v) is 11.9. The Balaban J connectivity index is -0.000000196. The van der Waals surface area contributed by atoms with Crippen molar-refractivity contribution >= 4 is 0 Å². The Kier molecular flexibility index (Phi) is 16.9. The average molecular weight is 272 g/mol.